The van der Waals surface area contributed by atoms with E-state index in [0.717, 1.165) is 11.1 Å². The number of carbonyl (C=O) groups is 4. The number of hydrogen-bond donors (Lipinski definition) is 1. The molecular formula is C28H36N3O7+. The van der Waals surface area contributed by atoms with E-state index in [1.54, 1.807) is 25.7 Å². The Morgan fingerprint density at radius 1 is 0.816 bits per heavy atom. The predicted octanol–water partition coefficient (Wildman–Crippen LogP) is 3.95. The maximum Gasteiger partial charge on any atom is 0.527 e. The van der Waals surface area contributed by atoms with E-state index in [4.69, 9.17) is 14.3 Å². The van der Waals surface area contributed by atoms with Crippen LogP contribution in [0.2, 0.25) is 0 Å². The highest BCUT2D eigenvalue weighted by molar-refractivity contribution is 5.83. The van der Waals surface area contributed by atoms with E-state index >= 15 is 0 Å². The highest BCUT2D eigenvalue weighted by Crippen LogP contribution is 2.23. The number of rotatable bonds is 8. The number of hydrogen-bond acceptors (Lipinski definition) is 7. The number of hydroxylamine groups is 1. The number of nitrogens with one attached hydrogen (secondary N) is 1. The molecule has 38 heavy (non-hydrogen) atoms. The van der Waals surface area contributed by atoms with Gasteiger partial charge in [-0.15, -0.1) is 4.48 Å². The predicted molar refractivity (Wildman–Crippen MR) is 138 cm³/mol. The Morgan fingerprint density at radius 2 is 1.37 bits per heavy atom. The average Bonchev–Trinajstić information content (AvgIpc) is 2.90. The molecule has 1 fully saturated rings. The molecule has 0 aliphatic carbocycles. The third kappa shape index (κ3) is 8.39. The van der Waals surface area contributed by atoms with Gasteiger partial charge in [-0.2, -0.15) is 9.59 Å². The smallest absolute Gasteiger partial charge is 0.415 e. The minimum absolute atomic E-state index is 0.0145. The van der Waals surface area contributed by atoms with Crippen LogP contribution in [-0.4, -0.2) is 65.2 Å². The number of amides is 4. The maximum absolute atomic E-state index is 13.2. The van der Waals surface area contributed by atoms with Gasteiger partial charge in [0, 0.05) is 12.8 Å². The van der Waals surface area contributed by atoms with Gasteiger partial charge in [-0.25, -0.2) is 5.48 Å². The summed E-state index contributed by atoms with van der Waals surface area (Å²) >= 11 is 0. The van der Waals surface area contributed by atoms with Crippen LogP contribution in [0.1, 0.15) is 44.7 Å². The first-order valence-electron chi connectivity index (χ1n) is 12.6. The molecule has 0 spiro atoms. The van der Waals surface area contributed by atoms with Gasteiger partial charge in [0.2, 0.25) is 11.8 Å². The van der Waals surface area contributed by atoms with E-state index in [-0.39, 0.29) is 58.1 Å². The third-order valence-electron chi connectivity index (χ3n) is 5.99. The Kier molecular flexibility index (Phi) is 9.98. The lowest BCUT2D eigenvalue weighted by Crippen LogP contribution is -2.66. The Hall–Kier alpha value is -3.76. The van der Waals surface area contributed by atoms with Crippen LogP contribution in [0.5, 0.6) is 0 Å². The van der Waals surface area contributed by atoms with Gasteiger partial charge >= 0.3 is 12.2 Å². The molecule has 0 atom stereocenters. The minimum Gasteiger partial charge on any atom is -0.415 e. The van der Waals surface area contributed by atoms with E-state index in [2.05, 4.69) is 5.48 Å². The molecule has 0 radical (unpaired) electrons. The number of carbonyl (C=O) groups excluding carboxylic acids is 4. The van der Waals surface area contributed by atoms with Crippen LogP contribution in [-0.2, 0) is 37.1 Å². The zero-order valence-corrected chi connectivity index (χ0v) is 22.2. The fourth-order valence-electron chi connectivity index (χ4n) is 3.89. The quantitative estimate of drug-likeness (QED) is 0.410. The van der Waals surface area contributed by atoms with E-state index in [1.807, 2.05) is 60.7 Å². The number of imide groups is 1. The molecule has 2 aromatic rings. The van der Waals surface area contributed by atoms with Crippen molar-refractivity contribution in [2.24, 2.45) is 0 Å². The average molecular weight is 527 g/mol. The molecular weight excluding hydrogens is 490 g/mol. The first-order valence-corrected chi connectivity index (χ1v) is 12.6. The summed E-state index contributed by atoms with van der Waals surface area (Å²) in [4.78, 5) is 58.0. The lowest BCUT2D eigenvalue weighted by molar-refractivity contribution is -0.792. The summed E-state index contributed by atoms with van der Waals surface area (Å²) < 4.78 is 10.4. The first-order chi connectivity index (χ1) is 18.1. The van der Waals surface area contributed by atoms with Crippen LogP contribution in [0.15, 0.2) is 60.7 Å². The molecule has 10 heteroatoms. The zero-order valence-electron chi connectivity index (χ0n) is 22.2. The van der Waals surface area contributed by atoms with E-state index < -0.39 is 28.2 Å². The Labute approximate surface area is 223 Å². The molecule has 3 rings (SSSR count). The molecule has 1 heterocycles. The highest BCUT2D eigenvalue weighted by Gasteiger charge is 2.52. The van der Waals surface area contributed by atoms with Crippen molar-refractivity contribution in [3.63, 3.8) is 0 Å². The van der Waals surface area contributed by atoms with Crippen molar-refractivity contribution < 1.29 is 38.0 Å². The molecule has 4 amide bonds. The largest absolute Gasteiger partial charge is 0.527 e. The van der Waals surface area contributed by atoms with Crippen LogP contribution in [0.4, 0.5) is 9.59 Å². The van der Waals surface area contributed by atoms with Gasteiger partial charge in [0.25, 0.3) is 0 Å². The zero-order chi connectivity index (χ0) is 27.6. The topological polar surface area (TPSA) is 111 Å². The van der Waals surface area contributed by atoms with Gasteiger partial charge in [-0.3, -0.25) is 14.4 Å². The summed E-state index contributed by atoms with van der Waals surface area (Å²) in [6, 6.07) is 18.6. The number of nitrogens with zero attached hydrogens (tertiary/aromatic N) is 2. The summed E-state index contributed by atoms with van der Waals surface area (Å²) in [5.41, 5.74) is 3.25. The number of benzene rings is 2. The van der Waals surface area contributed by atoms with E-state index in [0.29, 0.717) is 0 Å². The number of piperazine rings is 1. The van der Waals surface area contributed by atoms with Crippen LogP contribution < -0.4 is 5.48 Å². The van der Waals surface area contributed by atoms with Crippen molar-refractivity contribution in [2.75, 3.05) is 26.2 Å². The lowest BCUT2D eigenvalue weighted by Gasteiger charge is -2.39. The van der Waals surface area contributed by atoms with E-state index in [1.165, 1.54) is 0 Å². The molecule has 204 valence electrons. The van der Waals surface area contributed by atoms with Gasteiger partial charge in [0.05, 0.1) is 19.7 Å². The van der Waals surface area contributed by atoms with Crippen molar-refractivity contribution in [3.05, 3.63) is 71.8 Å². The fraction of sp³-hybridized carbons (Fsp3) is 0.429. The third-order valence-corrected chi connectivity index (χ3v) is 5.99. The standard InChI is InChI=1S/C28H35N3O7/c1-28(2,3)38-27(35)31(26(34)36-20-22-10-6-4-7-11-22)18-16-30(17-19-31)25(33)15-14-24(32)29-37-21-23-12-8-5-9-13-23/h4-13H,14-21H2,1-3H3/p+1. The normalized spacial score (nSPS) is 14.9. The second kappa shape index (κ2) is 13.2. The SMILES string of the molecule is CC(C)(C)OC(=O)[N+]1(C(=O)OCc2ccccc2)CCN(C(=O)CCC(=O)NOCc2ccccc2)CC1. The van der Waals surface area contributed by atoms with Gasteiger partial charge in [0.15, 0.2) is 0 Å². The fourth-order valence-corrected chi connectivity index (χ4v) is 3.89. The van der Waals surface area contributed by atoms with Gasteiger partial charge in [-0.1, -0.05) is 60.7 Å². The van der Waals surface area contributed by atoms with Crippen molar-refractivity contribution in [3.8, 4) is 0 Å². The molecule has 1 N–H and O–H groups in total. The van der Waals surface area contributed by atoms with Crippen LogP contribution in [0.25, 0.3) is 0 Å². The van der Waals surface area contributed by atoms with Crippen molar-refractivity contribution in [1.29, 1.82) is 0 Å². The number of quaternary nitrogens is 1. The summed E-state index contributed by atoms with van der Waals surface area (Å²) in [5.74, 6) is -0.655. The van der Waals surface area contributed by atoms with Crippen molar-refractivity contribution in [1.82, 2.24) is 10.4 Å². The van der Waals surface area contributed by atoms with Crippen molar-refractivity contribution in [2.45, 2.75) is 52.4 Å². The second-order valence-electron chi connectivity index (χ2n) is 10.1. The molecule has 10 nitrogen and oxygen atoms in total. The molecule has 0 unspecified atom stereocenters. The minimum atomic E-state index is -0.801. The summed E-state index contributed by atoms with van der Waals surface area (Å²) in [5, 5.41) is 0. The van der Waals surface area contributed by atoms with Gasteiger partial charge in [0.1, 0.15) is 25.3 Å². The van der Waals surface area contributed by atoms with Crippen LogP contribution >= 0.6 is 0 Å². The molecule has 0 aromatic heterocycles. The molecule has 1 aliphatic heterocycles. The summed E-state index contributed by atoms with van der Waals surface area (Å²) in [6.07, 6.45) is -1.50. The monoisotopic (exact) mass is 526 g/mol. The van der Waals surface area contributed by atoms with Gasteiger partial charge < -0.3 is 14.4 Å². The maximum atomic E-state index is 13.2. The van der Waals surface area contributed by atoms with Crippen molar-refractivity contribution >= 4 is 24.0 Å². The Morgan fingerprint density at radius 3 is 1.92 bits per heavy atom. The molecule has 2 aromatic carbocycles. The molecule has 1 saturated heterocycles. The Bertz CT molecular complexity index is 1090. The first kappa shape index (κ1) is 28.8. The Balaban J connectivity index is 1.52. The summed E-state index contributed by atoms with van der Waals surface area (Å²) in [6.45, 7) is 5.74. The highest BCUT2D eigenvalue weighted by atomic mass is 16.7. The number of ether oxygens (including phenoxy) is 2. The second-order valence-corrected chi connectivity index (χ2v) is 10.1. The summed E-state index contributed by atoms with van der Waals surface area (Å²) in [7, 11) is 0. The lowest BCUT2D eigenvalue weighted by atomic mass is 10.2. The van der Waals surface area contributed by atoms with Crippen LogP contribution in [0.3, 0.4) is 0 Å². The molecule has 0 saturated carbocycles. The van der Waals surface area contributed by atoms with Gasteiger partial charge in [-0.05, 0) is 31.9 Å². The molecule has 0 bridgehead atoms. The van der Waals surface area contributed by atoms with Crippen LogP contribution in [0, 0.1) is 0 Å². The van der Waals surface area contributed by atoms with E-state index in [9.17, 15) is 19.2 Å². The molecule has 1 aliphatic rings.